The van der Waals surface area contributed by atoms with Gasteiger partial charge in [0.05, 0.1) is 56.7 Å². The molecule has 12 rings (SSSR count). The number of nitrogens with one attached hydrogen (secondary N) is 3. The van der Waals surface area contributed by atoms with Crippen molar-refractivity contribution in [1.82, 2.24) is 16.0 Å². The van der Waals surface area contributed by atoms with Crippen LogP contribution in [0.1, 0.15) is 106 Å². The van der Waals surface area contributed by atoms with Gasteiger partial charge in [0.1, 0.15) is 25.6 Å². The van der Waals surface area contributed by atoms with E-state index in [9.17, 15) is 55.1 Å². The lowest BCUT2D eigenvalue weighted by atomic mass is 9.94. The highest BCUT2D eigenvalue weighted by atomic mass is 19.2. The van der Waals surface area contributed by atoms with Crippen molar-refractivity contribution < 1.29 is 86.5 Å². The Bertz CT molecular complexity index is 4360. The van der Waals surface area contributed by atoms with Gasteiger partial charge in [-0.2, -0.15) is 0 Å². The van der Waals surface area contributed by atoms with Gasteiger partial charge in [-0.1, -0.05) is 188 Å². The van der Waals surface area contributed by atoms with Crippen LogP contribution in [-0.4, -0.2) is 94.7 Å². The number of ether oxygens (including phenoxy) is 3. The molecule has 546 valence electrons. The molecule has 0 fully saturated rings. The SMILES string of the molecule is [NH3+]CCCNC(=O)C(CC(=O)OCC1c2ccccc2-c2ccccc21)Cc1c(F)c(F)c(F)c(F)c1F.[NH3+]CCCNC(=O)C(CC(=O)OCC1c2ccccc2-c2ccccc21)Cc1cccc(F)c1.[NH3+]CCCNC(=O)C(CC(=O)OCC1c2ccccc2-c2ccccc21)Cc1ccccc1. The number of rotatable bonds is 30. The fraction of sp³-hybridized carbons (Fsp3) is 0.286. The second kappa shape index (κ2) is 37.6. The number of hydrogen-bond donors (Lipinski definition) is 6. The monoisotopic (exact) mass is 1440 g/mol. The Hall–Kier alpha value is -10.7. The summed E-state index contributed by atoms with van der Waals surface area (Å²) in [5, 5.41) is 8.33. The van der Waals surface area contributed by atoms with Crippen LogP contribution in [0.4, 0.5) is 26.3 Å². The summed E-state index contributed by atoms with van der Waals surface area (Å²) in [5.74, 6) is -16.5. The van der Waals surface area contributed by atoms with Gasteiger partial charge in [-0.25, -0.2) is 26.3 Å². The Labute approximate surface area is 606 Å². The minimum absolute atomic E-state index is 0.0137. The summed E-state index contributed by atoms with van der Waals surface area (Å²) >= 11 is 0. The van der Waals surface area contributed by atoms with Crippen LogP contribution in [0.25, 0.3) is 33.4 Å². The lowest BCUT2D eigenvalue weighted by Crippen LogP contribution is -2.51. The summed E-state index contributed by atoms with van der Waals surface area (Å²) in [6.07, 6.45) is 1.31. The van der Waals surface area contributed by atoms with E-state index in [0.29, 0.717) is 44.6 Å². The lowest BCUT2D eigenvalue weighted by Gasteiger charge is -2.19. The van der Waals surface area contributed by atoms with Gasteiger partial charge in [-0.3, -0.25) is 28.8 Å². The summed E-state index contributed by atoms with van der Waals surface area (Å²) in [6.45, 7) is 3.62. The Morgan fingerprint density at radius 1 is 0.333 bits per heavy atom. The second-order valence-corrected chi connectivity index (χ2v) is 26.2. The van der Waals surface area contributed by atoms with Gasteiger partial charge in [0.2, 0.25) is 23.5 Å². The molecule has 9 aromatic rings. The number of amides is 3. The van der Waals surface area contributed by atoms with Gasteiger partial charge in [-0.05, 0) is 109 Å². The Kier molecular flexibility index (Phi) is 27.5. The lowest BCUT2D eigenvalue weighted by molar-refractivity contribution is -0.368. The number of esters is 3. The third kappa shape index (κ3) is 19.6. The third-order valence-corrected chi connectivity index (χ3v) is 19.1. The number of quaternary nitrogens is 3. The van der Waals surface area contributed by atoms with Crippen molar-refractivity contribution >= 4 is 35.6 Å². The van der Waals surface area contributed by atoms with Crippen LogP contribution in [-0.2, 0) is 62.2 Å². The first kappa shape index (κ1) is 76.9. The molecule has 15 nitrogen and oxygen atoms in total. The normalized spacial score (nSPS) is 13.1. The smallest absolute Gasteiger partial charge is 0.306 e. The Morgan fingerprint density at radius 2 is 0.610 bits per heavy atom. The number of carbonyl (C=O) groups is 6. The number of fused-ring (bicyclic) bond motifs is 9. The molecule has 0 radical (unpaired) electrons. The Balaban J connectivity index is 0.000000169. The van der Waals surface area contributed by atoms with E-state index in [1.807, 2.05) is 127 Å². The molecule has 3 unspecified atom stereocenters. The first-order chi connectivity index (χ1) is 51.0. The van der Waals surface area contributed by atoms with Gasteiger partial charge in [-0.15, -0.1) is 0 Å². The van der Waals surface area contributed by atoms with Crippen LogP contribution in [0.5, 0.6) is 0 Å². The topological polar surface area (TPSA) is 249 Å². The first-order valence-electron chi connectivity index (χ1n) is 35.5. The van der Waals surface area contributed by atoms with Gasteiger partial charge in [0.25, 0.3) is 0 Å². The molecule has 12 N–H and O–H groups in total. The van der Waals surface area contributed by atoms with Gasteiger partial charge in [0.15, 0.2) is 23.3 Å². The van der Waals surface area contributed by atoms with Crippen LogP contribution < -0.4 is 33.2 Å². The summed E-state index contributed by atoms with van der Waals surface area (Å²) in [6, 6.07) is 64.1. The van der Waals surface area contributed by atoms with Gasteiger partial charge < -0.3 is 47.4 Å². The van der Waals surface area contributed by atoms with E-state index in [0.717, 1.165) is 69.5 Å². The zero-order valence-corrected chi connectivity index (χ0v) is 58.3. The van der Waals surface area contributed by atoms with Crippen LogP contribution in [0.2, 0.25) is 0 Å². The van der Waals surface area contributed by atoms with Crippen molar-refractivity contribution in [2.75, 3.05) is 59.1 Å². The van der Waals surface area contributed by atoms with E-state index in [2.05, 4.69) is 81.7 Å². The van der Waals surface area contributed by atoms with E-state index in [-0.39, 0.29) is 87.0 Å². The largest absolute Gasteiger partial charge is 0.465 e. The van der Waals surface area contributed by atoms with Crippen LogP contribution in [0.15, 0.2) is 200 Å². The highest BCUT2D eigenvalue weighted by Gasteiger charge is 2.36. The average Bonchev–Trinajstić information content (AvgIpc) is 1.65. The van der Waals surface area contributed by atoms with Gasteiger partial charge in [0, 0.05) is 62.2 Å². The maximum Gasteiger partial charge on any atom is 0.306 e. The van der Waals surface area contributed by atoms with E-state index >= 15 is 0 Å². The van der Waals surface area contributed by atoms with Crippen LogP contribution >= 0.6 is 0 Å². The molecule has 0 spiro atoms. The third-order valence-electron chi connectivity index (χ3n) is 19.1. The minimum atomic E-state index is -2.29. The molecule has 3 amide bonds. The number of hydrogen-bond acceptors (Lipinski definition) is 9. The second-order valence-electron chi connectivity index (χ2n) is 26.2. The number of halogens is 6. The number of benzene rings is 9. The molecule has 3 atom stereocenters. The van der Waals surface area contributed by atoms with E-state index in [4.69, 9.17) is 14.2 Å². The zero-order valence-electron chi connectivity index (χ0n) is 58.3. The quantitative estimate of drug-likeness (QED) is 0.00625. The number of carbonyl (C=O) groups excluding carboxylic acids is 6. The molecule has 0 aromatic heterocycles. The predicted molar refractivity (Wildman–Crippen MR) is 385 cm³/mol. The van der Waals surface area contributed by atoms with E-state index in [1.165, 1.54) is 34.4 Å². The van der Waals surface area contributed by atoms with Crippen LogP contribution in [0.3, 0.4) is 0 Å². The highest BCUT2D eigenvalue weighted by molar-refractivity contribution is 5.87. The molecule has 3 aliphatic carbocycles. The molecule has 105 heavy (non-hydrogen) atoms. The first-order valence-corrected chi connectivity index (χ1v) is 35.5. The molecule has 0 saturated carbocycles. The summed E-state index contributed by atoms with van der Waals surface area (Å²) in [4.78, 5) is 76.9. The molecule has 0 saturated heterocycles. The summed E-state index contributed by atoms with van der Waals surface area (Å²) in [7, 11) is 0. The van der Waals surface area contributed by atoms with Crippen molar-refractivity contribution in [2.24, 2.45) is 17.8 Å². The minimum Gasteiger partial charge on any atom is -0.465 e. The molecule has 0 bridgehead atoms. The molecular formula is C84H87F6N6O9+3. The van der Waals surface area contributed by atoms with E-state index < -0.39 is 83.1 Å². The van der Waals surface area contributed by atoms with Crippen LogP contribution in [0, 0.1) is 52.7 Å². The molecule has 0 heterocycles. The van der Waals surface area contributed by atoms with Crippen molar-refractivity contribution in [3.63, 3.8) is 0 Å². The fourth-order valence-electron chi connectivity index (χ4n) is 13.8. The molecule has 9 aromatic carbocycles. The maximum absolute atomic E-state index is 14.3. The zero-order chi connectivity index (χ0) is 74.4. The van der Waals surface area contributed by atoms with Crippen molar-refractivity contribution in [2.45, 2.75) is 75.5 Å². The highest BCUT2D eigenvalue weighted by Crippen LogP contribution is 2.47. The molecule has 3 aliphatic rings. The average molecular weight is 1440 g/mol. The predicted octanol–water partition coefficient (Wildman–Crippen LogP) is 10.9. The molecule has 0 aliphatic heterocycles. The fourth-order valence-corrected chi connectivity index (χ4v) is 13.8. The molecule has 21 heteroatoms. The van der Waals surface area contributed by atoms with Crippen molar-refractivity contribution in [1.29, 1.82) is 0 Å². The standard InChI is InChI=1S/C28H25F5N2O3.C28H29FN2O3.C28H30N2O3/c29-23-20(24(30)26(32)27(33)25(23)31)12-15(28(37)35-11-5-10-34)13-22(36)38-14-21-18-8-3-1-6-16(18)17-7-2-4-9-19(17)21;29-21-8-5-7-19(16-21)15-20(28(33)31-14-6-13-30)17-27(32)34-18-26-24-11-3-1-9-22(24)23-10-2-4-12-25(23)26;29-15-8-16-30-28(32)21(17-20-9-2-1-3-10-20)18-27(31)33-19-26-24-13-6-4-11-22(24)23-12-5-7-14-25(23)26/h1-4,6-9,15,21H,5,10-14,34H2,(H,35,37);1-5,7-12,16,20,26H,6,13-15,17-18,30H2,(H,31,33);1-7,9-14,21,26H,8,15-19,29H2,(H,30,32)/p+3. The maximum atomic E-state index is 14.3. The van der Waals surface area contributed by atoms with E-state index in [1.54, 1.807) is 12.1 Å². The van der Waals surface area contributed by atoms with Crippen molar-refractivity contribution in [3.05, 3.63) is 285 Å². The van der Waals surface area contributed by atoms with Crippen molar-refractivity contribution in [3.8, 4) is 33.4 Å². The van der Waals surface area contributed by atoms with Gasteiger partial charge >= 0.3 is 17.9 Å². The summed E-state index contributed by atoms with van der Waals surface area (Å²) < 4.78 is 100. The Morgan fingerprint density at radius 3 is 0.924 bits per heavy atom. The molecular weight excluding hydrogens is 1350 g/mol. The summed E-state index contributed by atoms with van der Waals surface area (Å²) in [5.41, 5.74) is 25.1.